The lowest BCUT2D eigenvalue weighted by molar-refractivity contribution is -0.125. The Balaban J connectivity index is 1.59. The van der Waals surface area contributed by atoms with Crippen LogP contribution >= 0.6 is 34.8 Å². The fourth-order valence-electron chi connectivity index (χ4n) is 4.20. The third kappa shape index (κ3) is 5.10. The fourth-order valence-corrected chi connectivity index (χ4v) is 4.84. The molecular weight excluding hydrogens is 479 g/mol. The number of halogens is 3. The van der Waals surface area contributed by atoms with E-state index in [0.717, 1.165) is 18.5 Å². The van der Waals surface area contributed by atoms with Crippen LogP contribution in [0.15, 0.2) is 66.7 Å². The Morgan fingerprint density at radius 1 is 0.970 bits per heavy atom. The first kappa shape index (κ1) is 23.8. The smallest absolute Gasteiger partial charge is 0.244 e. The van der Waals surface area contributed by atoms with Crippen molar-refractivity contribution in [3.05, 3.63) is 98.5 Å². The summed E-state index contributed by atoms with van der Waals surface area (Å²) in [6, 6.07) is 19.3. The second-order valence-electron chi connectivity index (χ2n) is 8.37. The molecule has 3 aromatic rings. The van der Waals surface area contributed by atoms with Crippen LogP contribution < -0.4 is 5.32 Å². The molecule has 1 aliphatic rings. The van der Waals surface area contributed by atoms with E-state index in [1.807, 2.05) is 19.1 Å². The number of carbonyl (C=O) groups excluding carboxylic acids is 2. The molecule has 0 aliphatic carbocycles. The first-order chi connectivity index (χ1) is 15.8. The first-order valence-corrected chi connectivity index (χ1v) is 11.8. The highest BCUT2D eigenvalue weighted by Crippen LogP contribution is 2.34. The molecule has 170 valence electrons. The van der Waals surface area contributed by atoms with E-state index in [0.29, 0.717) is 44.8 Å². The van der Waals surface area contributed by atoms with E-state index in [-0.39, 0.29) is 11.7 Å². The maximum Gasteiger partial charge on any atom is 0.244 e. The predicted molar refractivity (Wildman–Crippen MR) is 134 cm³/mol. The largest absolute Gasteiger partial charge is 0.324 e. The predicted octanol–water partition coefficient (Wildman–Crippen LogP) is 6.87. The molecule has 1 heterocycles. The molecule has 4 nitrogen and oxygen atoms in total. The standard InChI is InChI=1S/C26H23Cl3N2O2/c1-26(12-5-13-31(26)16-18-8-9-20(28)15-22(18)29)25(33)30-23-11-10-19(27)14-21(23)24(32)17-6-3-2-4-7-17/h2-4,6-11,14-15H,5,12-13,16H2,1H3,(H,30,33)/t26-/m1/s1. The number of carbonyl (C=O) groups is 2. The molecule has 0 aromatic heterocycles. The van der Waals surface area contributed by atoms with Gasteiger partial charge >= 0.3 is 0 Å². The number of nitrogens with zero attached hydrogens (tertiary/aromatic N) is 1. The summed E-state index contributed by atoms with van der Waals surface area (Å²) in [6.07, 6.45) is 1.57. The Kier molecular flexibility index (Phi) is 7.10. The van der Waals surface area contributed by atoms with Gasteiger partial charge < -0.3 is 5.32 Å². The van der Waals surface area contributed by atoms with Crippen LogP contribution in [-0.4, -0.2) is 28.7 Å². The number of amides is 1. The van der Waals surface area contributed by atoms with Gasteiger partial charge in [0.25, 0.3) is 0 Å². The van der Waals surface area contributed by atoms with Crippen molar-refractivity contribution < 1.29 is 9.59 Å². The molecule has 1 fully saturated rings. The Hall–Kier alpha value is -2.37. The van der Waals surface area contributed by atoms with E-state index in [1.165, 1.54) is 0 Å². The zero-order chi connectivity index (χ0) is 23.6. The van der Waals surface area contributed by atoms with Crippen LogP contribution in [0.5, 0.6) is 0 Å². The van der Waals surface area contributed by atoms with Crippen molar-refractivity contribution in [2.45, 2.75) is 31.8 Å². The Bertz CT molecular complexity index is 1200. The van der Waals surface area contributed by atoms with E-state index in [4.69, 9.17) is 34.8 Å². The van der Waals surface area contributed by atoms with Crippen LogP contribution in [0.3, 0.4) is 0 Å². The van der Waals surface area contributed by atoms with Crippen LogP contribution in [0, 0.1) is 0 Å². The quantitative estimate of drug-likeness (QED) is 0.375. The molecular formula is C26H23Cl3N2O2. The molecule has 0 spiro atoms. The third-order valence-corrected chi connectivity index (χ3v) is 6.99. The number of rotatable bonds is 6. The Morgan fingerprint density at radius 2 is 1.67 bits per heavy atom. The number of anilines is 1. The third-order valence-electron chi connectivity index (χ3n) is 6.17. The van der Waals surface area contributed by atoms with Gasteiger partial charge in [-0.05, 0) is 62.2 Å². The van der Waals surface area contributed by atoms with Crippen molar-refractivity contribution in [1.82, 2.24) is 4.90 Å². The highest BCUT2D eigenvalue weighted by Gasteiger charge is 2.43. The second kappa shape index (κ2) is 9.86. The van der Waals surface area contributed by atoms with Gasteiger partial charge in [-0.15, -0.1) is 0 Å². The highest BCUT2D eigenvalue weighted by atomic mass is 35.5. The van der Waals surface area contributed by atoms with Gasteiger partial charge in [0, 0.05) is 32.7 Å². The normalized spacial score (nSPS) is 18.3. The average Bonchev–Trinajstić information content (AvgIpc) is 3.18. The molecule has 3 aromatic carbocycles. The Labute approximate surface area is 208 Å². The number of likely N-dealkylation sites (tertiary alicyclic amines) is 1. The van der Waals surface area contributed by atoms with Gasteiger partial charge in [-0.2, -0.15) is 0 Å². The lowest BCUT2D eigenvalue weighted by atomic mass is 9.96. The van der Waals surface area contributed by atoms with Gasteiger partial charge in [0.15, 0.2) is 5.78 Å². The zero-order valence-corrected chi connectivity index (χ0v) is 20.3. The van der Waals surface area contributed by atoms with Gasteiger partial charge in [-0.25, -0.2) is 0 Å². The molecule has 1 amide bonds. The summed E-state index contributed by atoms with van der Waals surface area (Å²) in [5.41, 5.74) is 1.48. The summed E-state index contributed by atoms with van der Waals surface area (Å²) in [6.45, 7) is 3.21. The maximum atomic E-state index is 13.5. The minimum absolute atomic E-state index is 0.172. The molecule has 7 heteroatoms. The maximum absolute atomic E-state index is 13.5. The second-order valence-corrected chi connectivity index (χ2v) is 9.65. The minimum atomic E-state index is -0.754. The number of hydrogen-bond acceptors (Lipinski definition) is 3. The van der Waals surface area contributed by atoms with E-state index in [1.54, 1.807) is 54.6 Å². The van der Waals surface area contributed by atoms with Crippen molar-refractivity contribution in [3.63, 3.8) is 0 Å². The van der Waals surface area contributed by atoms with Crippen molar-refractivity contribution in [2.24, 2.45) is 0 Å². The van der Waals surface area contributed by atoms with Crippen molar-refractivity contribution in [2.75, 3.05) is 11.9 Å². The molecule has 1 aliphatic heterocycles. The molecule has 0 saturated carbocycles. The number of nitrogens with one attached hydrogen (secondary N) is 1. The summed E-state index contributed by atoms with van der Waals surface area (Å²) in [5, 5.41) is 4.57. The monoisotopic (exact) mass is 500 g/mol. The topological polar surface area (TPSA) is 49.4 Å². The molecule has 0 unspecified atom stereocenters. The molecule has 33 heavy (non-hydrogen) atoms. The summed E-state index contributed by atoms with van der Waals surface area (Å²) < 4.78 is 0. The lowest BCUT2D eigenvalue weighted by Crippen LogP contribution is -2.50. The number of benzene rings is 3. The highest BCUT2D eigenvalue weighted by molar-refractivity contribution is 6.35. The van der Waals surface area contributed by atoms with Gasteiger partial charge in [0.05, 0.1) is 11.2 Å². The van der Waals surface area contributed by atoms with Crippen molar-refractivity contribution in [3.8, 4) is 0 Å². The van der Waals surface area contributed by atoms with E-state index in [9.17, 15) is 9.59 Å². The van der Waals surface area contributed by atoms with Gasteiger partial charge in [0.1, 0.15) is 0 Å². The van der Waals surface area contributed by atoms with Gasteiger partial charge in [-0.1, -0.05) is 71.2 Å². The SMILES string of the molecule is C[C@]1(C(=O)Nc2ccc(Cl)cc2C(=O)c2ccccc2)CCCN1Cc1ccc(Cl)cc1Cl. The lowest BCUT2D eigenvalue weighted by Gasteiger charge is -2.34. The van der Waals surface area contributed by atoms with Crippen LogP contribution in [0.2, 0.25) is 15.1 Å². The fraction of sp³-hybridized carbons (Fsp3) is 0.231. The molecule has 1 saturated heterocycles. The van der Waals surface area contributed by atoms with Gasteiger partial charge in [0.2, 0.25) is 5.91 Å². The molecule has 0 radical (unpaired) electrons. The van der Waals surface area contributed by atoms with Crippen LogP contribution in [0.4, 0.5) is 5.69 Å². The summed E-state index contributed by atoms with van der Waals surface area (Å²) in [7, 11) is 0. The molecule has 4 rings (SSSR count). The number of ketones is 1. The van der Waals surface area contributed by atoms with E-state index < -0.39 is 5.54 Å². The summed E-state index contributed by atoms with van der Waals surface area (Å²) in [4.78, 5) is 28.8. The summed E-state index contributed by atoms with van der Waals surface area (Å²) in [5.74, 6) is -0.371. The van der Waals surface area contributed by atoms with Crippen molar-refractivity contribution >= 4 is 52.2 Å². The van der Waals surface area contributed by atoms with E-state index >= 15 is 0 Å². The minimum Gasteiger partial charge on any atom is -0.324 e. The van der Waals surface area contributed by atoms with E-state index in [2.05, 4.69) is 10.2 Å². The molecule has 0 bridgehead atoms. The first-order valence-electron chi connectivity index (χ1n) is 10.7. The average molecular weight is 502 g/mol. The molecule has 1 N–H and O–H groups in total. The van der Waals surface area contributed by atoms with Gasteiger partial charge in [-0.3, -0.25) is 14.5 Å². The summed E-state index contributed by atoms with van der Waals surface area (Å²) >= 11 is 18.6. The van der Waals surface area contributed by atoms with Crippen LogP contribution in [0.1, 0.15) is 41.3 Å². The molecule has 1 atom stereocenters. The number of hydrogen-bond donors (Lipinski definition) is 1. The van der Waals surface area contributed by atoms with Crippen LogP contribution in [-0.2, 0) is 11.3 Å². The zero-order valence-electron chi connectivity index (χ0n) is 18.1. The Morgan fingerprint density at radius 3 is 2.39 bits per heavy atom. The van der Waals surface area contributed by atoms with Crippen molar-refractivity contribution in [1.29, 1.82) is 0 Å². The van der Waals surface area contributed by atoms with Crippen LogP contribution in [0.25, 0.3) is 0 Å².